The van der Waals surface area contributed by atoms with E-state index in [2.05, 4.69) is 25.4 Å². The number of azo groups is 1. The van der Waals surface area contributed by atoms with Gasteiger partial charge in [0, 0.05) is 12.2 Å². The van der Waals surface area contributed by atoms with Crippen molar-refractivity contribution in [2.75, 3.05) is 12.4 Å². The van der Waals surface area contributed by atoms with Gasteiger partial charge in [0.2, 0.25) is 5.82 Å². The lowest BCUT2D eigenvalue weighted by molar-refractivity contribution is -0.804. The van der Waals surface area contributed by atoms with Gasteiger partial charge in [0.05, 0.1) is 18.8 Å². The largest absolute Gasteiger partial charge is 0.594 e. The molecule has 10 heteroatoms. The molecule has 0 aliphatic carbocycles. The summed E-state index contributed by atoms with van der Waals surface area (Å²) in [6, 6.07) is 0. The Labute approximate surface area is 89.6 Å². The number of anilines is 1. The van der Waals surface area contributed by atoms with Crippen LogP contribution < -0.4 is 5.32 Å². The molecule has 0 saturated heterocycles. The third-order valence-corrected chi connectivity index (χ3v) is 1.81. The molecule has 16 heavy (non-hydrogen) atoms. The zero-order valence-corrected chi connectivity index (χ0v) is 8.87. The molecule has 10 nitrogen and oxygen atoms in total. The van der Waals surface area contributed by atoms with Crippen molar-refractivity contribution < 1.29 is 14.4 Å². The van der Waals surface area contributed by atoms with Crippen LogP contribution in [0.1, 0.15) is 13.8 Å². The van der Waals surface area contributed by atoms with E-state index >= 15 is 0 Å². The molecule has 0 spiro atoms. The van der Waals surface area contributed by atoms with E-state index in [1.165, 1.54) is 7.05 Å². The summed E-state index contributed by atoms with van der Waals surface area (Å²) in [6.45, 7) is 2.24. The SMILES string of the molecule is CNc1nonc1N=[N+]([O-])C(C)(C)[N+](=O)[O-]. The average Bonchev–Trinajstić information content (AvgIpc) is 2.64. The van der Waals surface area contributed by atoms with Gasteiger partial charge in [0.25, 0.3) is 0 Å². The normalized spacial score (nSPS) is 12.6. The molecule has 1 N–H and O–H groups in total. The zero-order chi connectivity index (χ0) is 12.3. The van der Waals surface area contributed by atoms with Gasteiger partial charge in [-0.25, -0.2) is 4.63 Å². The Bertz CT molecular complexity index is 424. The summed E-state index contributed by atoms with van der Waals surface area (Å²) in [6.07, 6.45) is 0. The number of hydroxylamine groups is 1. The van der Waals surface area contributed by atoms with Gasteiger partial charge in [-0.15, -0.1) is 0 Å². The Balaban J connectivity index is 3.06. The van der Waals surface area contributed by atoms with Crippen molar-refractivity contribution in [3.05, 3.63) is 15.3 Å². The highest BCUT2D eigenvalue weighted by atomic mass is 16.7. The molecule has 1 aromatic rings. The van der Waals surface area contributed by atoms with Crippen LogP contribution in [0.25, 0.3) is 0 Å². The minimum atomic E-state index is -1.88. The second-order valence-corrected chi connectivity index (χ2v) is 3.31. The number of nitro groups is 1. The van der Waals surface area contributed by atoms with Gasteiger partial charge in [-0.1, -0.05) is 0 Å². The van der Waals surface area contributed by atoms with Crippen LogP contribution in [0.5, 0.6) is 0 Å². The topological polar surface area (TPSA) is 133 Å². The number of hydrogen-bond acceptors (Lipinski definition) is 8. The first-order valence-electron chi connectivity index (χ1n) is 4.23. The predicted octanol–water partition coefficient (Wildman–Crippen LogP) is 0.718. The lowest BCUT2D eigenvalue weighted by Gasteiger charge is -2.11. The lowest BCUT2D eigenvalue weighted by atomic mass is 10.3. The van der Waals surface area contributed by atoms with E-state index < -0.39 is 10.6 Å². The van der Waals surface area contributed by atoms with Gasteiger partial charge >= 0.3 is 11.5 Å². The Morgan fingerprint density at radius 1 is 1.44 bits per heavy atom. The van der Waals surface area contributed by atoms with Gasteiger partial charge in [0.1, 0.15) is 0 Å². The summed E-state index contributed by atoms with van der Waals surface area (Å²) < 4.78 is 4.32. The van der Waals surface area contributed by atoms with E-state index in [-0.39, 0.29) is 16.5 Å². The second-order valence-electron chi connectivity index (χ2n) is 3.31. The summed E-state index contributed by atoms with van der Waals surface area (Å²) in [5.74, 6) is -0.0209. The maximum absolute atomic E-state index is 11.4. The first-order chi connectivity index (χ1) is 7.39. The Hall–Kier alpha value is -2.26. The fourth-order valence-electron chi connectivity index (χ4n) is 0.685. The average molecular weight is 230 g/mol. The summed E-state index contributed by atoms with van der Waals surface area (Å²) in [4.78, 5) is 9.76. The molecule has 0 amide bonds. The van der Waals surface area contributed by atoms with Crippen LogP contribution >= 0.6 is 0 Å². The van der Waals surface area contributed by atoms with E-state index in [4.69, 9.17) is 0 Å². The zero-order valence-electron chi connectivity index (χ0n) is 8.87. The van der Waals surface area contributed by atoms with E-state index in [9.17, 15) is 15.3 Å². The molecule has 0 radical (unpaired) electrons. The molecule has 0 bridgehead atoms. The number of nitrogens with one attached hydrogen (secondary N) is 1. The lowest BCUT2D eigenvalue weighted by Crippen LogP contribution is -2.40. The van der Waals surface area contributed by atoms with Crippen LogP contribution in [0.4, 0.5) is 11.6 Å². The van der Waals surface area contributed by atoms with Crippen LogP contribution in [0.15, 0.2) is 9.74 Å². The second kappa shape index (κ2) is 4.08. The third-order valence-electron chi connectivity index (χ3n) is 1.81. The fourth-order valence-corrected chi connectivity index (χ4v) is 0.685. The summed E-state index contributed by atoms with van der Waals surface area (Å²) >= 11 is 0. The molecule has 0 atom stereocenters. The van der Waals surface area contributed by atoms with E-state index in [0.29, 0.717) is 0 Å². The van der Waals surface area contributed by atoms with Gasteiger partial charge < -0.3 is 10.5 Å². The first-order valence-corrected chi connectivity index (χ1v) is 4.23. The van der Waals surface area contributed by atoms with Crippen molar-refractivity contribution in [3.63, 3.8) is 0 Å². The van der Waals surface area contributed by atoms with Crippen LogP contribution in [0.2, 0.25) is 0 Å². The molecule has 0 saturated carbocycles. The van der Waals surface area contributed by atoms with Gasteiger partial charge in [0.15, 0.2) is 0 Å². The molecule has 88 valence electrons. The summed E-state index contributed by atoms with van der Waals surface area (Å²) in [7, 11) is 1.52. The highest BCUT2D eigenvalue weighted by molar-refractivity contribution is 5.51. The molecular formula is C6H10N6O4. The summed E-state index contributed by atoms with van der Waals surface area (Å²) in [5.41, 5.74) is -1.88. The molecule has 0 aliphatic heterocycles. The minimum Gasteiger partial charge on any atom is -0.594 e. The predicted molar refractivity (Wildman–Crippen MR) is 50.6 cm³/mol. The molecule has 0 aromatic carbocycles. The third kappa shape index (κ3) is 2.04. The van der Waals surface area contributed by atoms with Crippen molar-refractivity contribution >= 4 is 11.6 Å². The van der Waals surface area contributed by atoms with Crippen molar-refractivity contribution in [1.29, 1.82) is 0 Å². The van der Waals surface area contributed by atoms with Crippen LogP contribution in [-0.2, 0) is 0 Å². The van der Waals surface area contributed by atoms with Crippen LogP contribution in [-0.4, -0.2) is 32.8 Å². The summed E-state index contributed by atoms with van der Waals surface area (Å²) in [5, 5.41) is 34.6. The monoisotopic (exact) mass is 230 g/mol. The fraction of sp³-hybridized carbons (Fsp3) is 0.667. The standard InChI is InChI=1S/C6H10N6O4/c1-6(2,12(14)15)11(13)8-5-4(7-3)9-16-10-5/h1-3H3,(H,7,9). The highest BCUT2D eigenvalue weighted by Gasteiger charge is 2.42. The maximum atomic E-state index is 11.4. The van der Waals surface area contributed by atoms with Gasteiger partial charge in [-0.3, -0.25) is 10.1 Å². The smallest absolute Gasteiger partial charge is 0.433 e. The Morgan fingerprint density at radius 2 is 2.06 bits per heavy atom. The molecule has 1 rings (SSSR count). The molecular weight excluding hydrogens is 220 g/mol. The van der Waals surface area contributed by atoms with Crippen molar-refractivity contribution in [2.45, 2.75) is 19.5 Å². The van der Waals surface area contributed by atoms with Crippen LogP contribution in [0, 0.1) is 15.3 Å². The van der Waals surface area contributed by atoms with Gasteiger partial charge in [-0.2, -0.15) is 0 Å². The quantitative estimate of drug-likeness (QED) is 0.265. The van der Waals surface area contributed by atoms with E-state index in [1.54, 1.807) is 0 Å². The minimum absolute atomic E-state index is 0.0621. The first kappa shape index (κ1) is 11.8. The van der Waals surface area contributed by atoms with Gasteiger partial charge in [-0.05, 0) is 15.2 Å². The molecule has 1 aromatic heterocycles. The van der Waals surface area contributed by atoms with Crippen LogP contribution in [0.3, 0.4) is 0 Å². The van der Waals surface area contributed by atoms with E-state index in [1.807, 2.05) is 0 Å². The molecule has 0 fully saturated rings. The maximum Gasteiger partial charge on any atom is 0.433 e. The van der Waals surface area contributed by atoms with E-state index in [0.717, 1.165) is 13.8 Å². The molecule has 0 aliphatic rings. The number of aromatic nitrogens is 2. The Kier molecular flexibility index (Phi) is 3.01. The number of rotatable bonds is 4. The molecule has 1 heterocycles. The van der Waals surface area contributed by atoms with Crippen molar-refractivity contribution in [1.82, 2.24) is 10.3 Å². The van der Waals surface area contributed by atoms with Crippen molar-refractivity contribution in [2.24, 2.45) is 5.11 Å². The van der Waals surface area contributed by atoms with Crippen molar-refractivity contribution in [3.8, 4) is 0 Å². The molecule has 0 unspecified atom stereocenters. The number of nitrogens with zero attached hydrogens (tertiary/aromatic N) is 5. The Morgan fingerprint density at radius 3 is 2.56 bits per heavy atom. The number of hydrogen-bond donors (Lipinski definition) is 1. The highest BCUT2D eigenvalue weighted by Crippen LogP contribution is 2.21.